The monoisotopic (exact) mass is 272 g/mol. The molecule has 6 heteroatoms. The Kier molecular flexibility index (Phi) is 3.74. The van der Waals surface area contributed by atoms with E-state index >= 15 is 0 Å². The third kappa shape index (κ3) is 2.64. The zero-order valence-corrected chi connectivity index (χ0v) is 10.8. The van der Waals surface area contributed by atoms with Gasteiger partial charge in [-0.05, 0) is 24.1 Å². The SMILES string of the molecule is Cc1ccccc1Cc1c([N+](=O)[O-])cccc1[N+](=O)[O-]. The van der Waals surface area contributed by atoms with Crippen molar-refractivity contribution >= 4 is 11.4 Å². The van der Waals surface area contributed by atoms with E-state index in [1.54, 1.807) is 0 Å². The lowest BCUT2D eigenvalue weighted by atomic mass is 9.98. The average Bonchev–Trinajstić information content (AvgIpc) is 2.41. The summed E-state index contributed by atoms with van der Waals surface area (Å²) in [7, 11) is 0. The summed E-state index contributed by atoms with van der Waals surface area (Å²) in [5.74, 6) is 0. The van der Waals surface area contributed by atoms with Gasteiger partial charge in [-0.15, -0.1) is 0 Å². The largest absolute Gasteiger partial charge is 0.279 e. The maximum Gasteiger partial charge on any atom is 0.279 e. The molecule has 0 amide bonds. The van der Waals surface area contributed by atoms with Crippen LogP contribution in [-0.4, -0.2) is 9.85 Å². The molecule has 0 aliphatic carbocycles. The predicted octanol–water partition coefficient (Wildman–Crippen LogP) is 3.40. The van der Waals surface area contributed by atoms with Gasteiger partial charge in [0.2, 0.25) is 0 Å². The summed E-state index contributed by atoms with van der Waals surface area (Å²) in [6.45, 7) is 1.87. The molecule has 0 aliphatic heterocycles. The summed E-state index contributed by atoms with van der Waals surface area (Å²) < 4.78 is 0. The zero-order valence-electron chi connectivity index (χ0n) is 10.8. The molecule has 0 radical (unpaired) electrons. The van der Waals surface area contributed by atoms with E-state index in [1.807, 2.05) is 31.2 Å². The molecule has 102 valence electrons. The van der Waals surface area contributed by atoms with Crippen molar-refractivity contribution in [3.05, 3.63) is 79.4 Å². The van der Waals surface area contributed by atoms with Crippen LogP contribution in [0, 0.1) is 27.2 Å². The zero-order chi connectivity index (χ0) is 14.7. The second kappa shape index (κ2) is 5.48. The van der Waals surface area contributed by atoms with Gasteiger partial charge >= 0.3 is 0 Å². The first-order valence-corrected chi connectivity index (χ1v) is 5.96. The van der Waals surface area contributed by atoms with Crippen molar-refractivity contribution in [1.29, 1.82) is 0 Å². The van der Waals surface area contributed by atoms with Gasteiger partial charge in [0.05, 0.1) is 9.85 Å². The van der Waals surface area contributed by atoms with Gasteiger partial charge in [0.15, 0.2) is 0 Å². The molecule has 0 heterocycles. The summed E-state index contributed by atoms with van der Waals surface area (Å²) in [6.07, 6.45) is 0.167. The number of rotatable bonds is 4. The van der Waals surface area contributed by atoms with Crippen molar-refractivity contribution in [3.63, 3.8) is 0 Å². The Labute approximate surface area is 115 Å². The van der Waals surface area contributed by atoms with E-state index in [4.69, 9.17) is 0 Å². The molecule has 0 saturated heterocycles. The Morgan fingerprint density at radius 3 is 1.95 bits per heavy atom. The van der Waals surface area contributed by atoms with Gasteiger partial charge in [-0.3, -0.25) is 20.2 Å². The maximum atomic E-state index is 11.1. The molecule has 20 heavy (non-hydrogen) atoms. The molecule has 0 N–H and O–H groups in total. The van der Waals surface area contributed by atoms with Crippen LogP contribution < -0.4 is 0 Å². The predicted molar refractivity (Wildman–Crippen MR) is 73.7 cm³/mol. The molecule has 0 fully saturated rings. The highest BCUT2D eigenvalue weighted by atomic mass is 16.6. The van der Waals surface area contributed by atoms with E-state index < -0.39 is 9.85 Å². The number of hydrogen-bond acceptors (Lipinski definition) is 4. The van der Waals surface area contributed by atoms with Crippen LogP contribution in [0.3, 0.4) is 0 Å². The Bertz CT molecular complexity index is 650. The number of nitro groups is 2. The summed E-state index contributed by atoms with van der Waals surface area (Å²) in [4.78, 5) is 20.9. The van der Waals surface area contributed by atoms with Crippen molar-refractivity contribution in [2.75, 3.05) is 0 Å². The molecule has 2 rings (SSSR count). The number of hydrogen-bond donors (Lipinski definition) is 0. The number of aryl methyl sites for hydroxylation is 1. The molecule has 0 bridgehead atoms. The Hall–Kier alpha value is -2.76. The first-order chi connectivity index (χ1) is 9.50. The van der Waals surface area contributed by atoms with Crippen molar-refractivity contribution in [1.82, 2.24) is 0 Å². The second-order valence-electron chi connectivity index (χ2n) is 4.39. The van der Waals surface area contributed by atoms with Gasteiger partial charge in [0, 0.05) is 18.6 Å². The molecule has 0 aromatic heterocycles. The summed E-state index contributed by atoms with van der Waals surface area (Å²) in [6, 6.07) is 11.3. The highest BCUT2D eigenvalue weighted by molar-refractivity contribution is 5.55. The van der Waals surface area contributed by atoms with E-state index in [0.29, 0.717) is 0 Å². The number of benzene rings is 2. The number of nitrogens with zero attached hydrogens (tertiary/aromatic N) is 2. The Morgan fingerprint density at radius 1 is 0.900 bits per heavy atom. The molecule has 2 aromatic carbocycles. The van der Waals surface area contributed by atoms with Crippen molar-refractivity contribution in [2.45, 2.75) is 13.3 Å². The third-order valence-corrected chi connectivity index (χ3v) is 3.15. The van der Waals surface area contributed by atoms with Gasteiger partial charge in [0.1, 0.15) is 5.56 Å². The first-order valence-electron chi connectivity index (χ1n) is 5.96. The topological polar surface area (TPSA) is 86.3 Å². The van der Waals surface area contributed by atoms with Crippen LogP contribution in [-0.2, 0) is 6.42 Å². The van der Waals surface area contributed by atoms with E-state index in [9.17, 15) is 20.2 Å². The lowest BCUT2D eigenvalue weighted by Crippen LogP contribution is -2.02. The minimum Gasteiger partial charge on any atom is -0.258 e. The van der Waals surface area contributed by atoms with Crippen LogP contribution in [0.15, 0.2) is 42.5 Å². The summed E-state index contributed by atoms with van der Waals surface area (Å²) >= 11 is 0. The van der Waals surface area contributed by atoms with Gasteiger partial charge in [-0.1, -0.05) is 24.3 Å². The Morgan fingerprint density at radius 2 is 1.45 bits per heavy atom. The standard InChI is InChI=1S/C14H12N2O4/c1-10-5-2-3-6-11(10)9-12-13(15(17)18)7-4-8-14(12)16(19)20/h2-8H,9H2,1H3. The minimum absolute atomic E-state index is 0.136. The van der Waals surface area contributed by atoms with E-state index in [2.05, 4.69) is 0 Å². The van der Waals surface area contributed by atoms with Crippen LogP contribution in [0.2, 0.25) is 0 Å². The first kappa shape index (κ1) is 13.7. The van der Waals surface area contributed by atoms with Crippen LogP contribution in [0.25, 0.3) is 0 Å². The van der Waals surface area contributed by atoms with Crippen molar-refractivity contribution in [3.8, 4) is 0 Å². The molecule has 0 aliphatic rings. The van der Waals surface area contributed by atoms with E-state index in [-0.39, 0.29) is 23.4 Å². The van der Waals surface area contributed by atoms with Crippen LogP contribution in [0.5, 0.6) is 0 Å². The van der Waals surface area contributed by atoms with Gasteiger partial charge in [-0.2, -0.15) is 0 Å². The number of nitro benzene ring substituents is 2. The van der Waals surface area contributed by atoms with Crippen LogP contribution in [0.4, 0.5) is 11.4 Å². The Balaban J connectivity index is 2.57. The molecule has 0 unspecified atom stereocenters. The smallest absolute Gasteiger partial charge is 0.258 e. The lowest BCUT2D eigenvalue weighted by Gasteiger charge is -2.07. The normalized spacial score (nSPS) is 10.2. The third-order valence-electron chi connectivity index (χ3n) is 3.15. The van der Waals surface area contributed by atoms with Gasteiger partial charge < -0.3 is 0 Å². The molecular weight excluding hydrogens is 260 g/mol. The van der Waals surface area contributed by atoms with Crippen LogP contribution >= 0.6 is 0 Å². The lowest BCUT2D eigenvalue weighted by molar-refractivity contribution is -0.395. The molecule has 0 spiro atoms. The average molecular weight is 272 g/mol. The summed E-state index contributed by atoms with van der Waals surface area (Å²) in [5.41, 5.74) is 1.48. The summed E-state index contributed by atoms with van der Waals surface area (Å²) in [5, 5.41) is 22.1. The highest BCUT2D eigenvalue weighted by Gasteiger charge is 2.24. The van der Waals surface area contributed by atoms with Crippen molar-refractivity contribution in [2.24, 2.45) is 0 Å². The van der Waals surface area contributed by atoms with Crippen LogP contribution in [0.1, 0.15) is 16.7 Å². The second-order valence-corrected chi connectivity index (χ2v) is 4.39. The van der Waals surface area contributed by atoms with Gasteiger partial charge in [0.25, 0.3) is 11.4 Å². The molecular formula is C14H12N2O4. The van der Waals surface area contributed by atoms with E-state index in [0.717, 1.165) is 11.1 Å². The molecule has 2 aromatic rings. The molecule has 0 saturated carbocycles. The molecule has 0 atom stereocenters. The fourth-order valence-corrected chi connectivity index (χ4v) is 2.08. The maximum absolute atomic E-state index is 11.1. The van der Waals surface area contributed by atoms with Crippen molar-refractivity contribution < 1.29 is 9.85 Å². The fraction of sp³-hybridized carbons (Fsp3) is 0.143. The quantitative estimate of drug-likeness (QED) is 0.630. The fourth-order valence-electron chi connectivity index (χ4n) is 2.08. The van der Waals surface area contributed by atoms with E-state index in [1.165, 1.54) is 18.2 Å². The minimum atomic E-state index is -0.583. The molecule has 6 nitrogen and oxygen atoms in total. The van der Waals surface area contributed by atoms with Gasteiger partial charge in [-0.25, -0.2) is 0 Å². The highest BCUT2D eigenvalue weighted by Crippen LogP contribution is 2.30.